The topological polar surface area (TPSA) is 56.7 Å². The lowest BCUT2D eigenvalue weighted by Crippen LogP contribution is -2.48. The molecule has 5 nitrogen and oxygen atoms in total. The summed E-state index contributed by atoms with van der Waals surface area (Å²) in [6.45, 7) is 2.91. The minimum atomic E-state index is 0. The fraction of sp³-hybridized carbons (Fsp3) is 0.391. The molecule has 1 amide bonds. The second kappa shape index (κ2) is 11.2. The third-order valence-electron chi connectivity index (χ3n) is 5.26. The number of hydrogen-bond donors (Lipinski definition) is 2. The van der Waals surface area contributed by atoms with Crippen molar-refractivity contribution in [3.8, 4) is 0 Å². The van der Waals surface area contributed by atoms with Crippen molar-refractivity contribution in [3.05, 3.63) is 70.8 Å². The summed E-state index contributed by atoms with van der Waals surface area (Å²) in [6.07, 6.45) is 3.10. The van der Waals surface area contributed by atoms with Crippen molar-refractivity contribution in [1.82, 2.24) is 15.5 Å². The van der Waals surface area contributed by atoms with Crippen molar-refractivity contribution in [2.24, 2.45) is 4.99 Å². The van der Waals surface area contributed by atoms with Crippen molar-refractivity contribution in [2.75, 3.05) is 20.6 Å². The third kappa shape index (κ3) is 6.73. The van der Waals surface area contributed by atoms with Gasteiger partial charge in [-0.25, -0.2) is 4.99 Å². The second-order valence-corrected chi connectivity index (χ2v) is 7.59. The van der Waals surface area contributed by atoms with Crippen molar-refractivity contribution in [3.63, 3.8) is 0 Å². The first-order valence-electron chi connectivity index (χ1n) is 9.89. The van der Waals surface area contributed by atoms with E-state index in [9.17, 15) is 4.79 Å². The van der Waals surface area contributed by atoms with E-state index in [2.05, 4.69) is 54.0 Å². The van der Waals surface area contributed by atoms with Gasteiger partial charge in [0.05, 0.1) is 13.1 Å². The van der Waals surface area contributed by atoms with E-state index in [4.69, 9.17) is 4.99 Å². The van der Waals surface area contributed by atoms with Gasteiger partial charge in [0, 0.05) is 20.1 Å². The molecule has 3 rings (SSSR count). The smallest absolute Gasteiger partial charge is 0.241 e. The quantitative estimate of drug-likeness (QED) is 0.372. The number of fused-ring (bicyclic) bond motifs is 1. The zero-order valence-electron chi connectivity index (χ0n) is 17.4. The van der Waals surface area contributed by atoms with Crippen molar-refractivity contribution >= 4 is 35.8 Å². The maximum Gasteiger partial charge on any atom is 0.241 e. The van der Waals surface area contributed by atoms with E-state index in [0.717, 1.165) is 19.3 Å². The molecule has 0 heterocycles. The fourth-order valence-electron chi connectivity index (χ4n) is 3.44. The lowest BCUT2D eigenvalue weighted by atomic mass is 9.88. The largest absolute Gasteiger partial charge is 0.353 e. The van der Waals surface area contributed by atoms with Crippen LogP contribution in [0.25, 0.3) is 0 Å². The Morgan fingerprint density at radius 2 is 1.79 bits per heavy atom. The van der Waals surface area contributed by atoms with Crippen LogP contribution < -0.4 is 10.6 Å². The van der Waals surface area contributed by atoms with Crippen LogP contribution >= 0.6 is 24.0 Å². The van der Waals surface area contributed by atoms with Gasteiger partial charge in [-0.1, -0.05) is 48.5 Å². The van der Waals surface area contributed by atoms with Gasteiger partial charge >= 0.3 is 0 Å². The minimum Gasteiger partial charge on any atom is -0.353 e. The number of guanidine groups is 1. The van der Waals surface area contributed by atoms with Crippen molar-refractivity contribution < 1.29 is 4.79 Å². The van der Waals surface area contributed by atoms with E-state index >= 15 is 0 Å². The molecule has 0 saturated heterocycles. The van der Waals surface area contributed by atoms with Crippen LogP contribution in [0, 0.1) is 6.92 Å². The summed E-state index contributed by atoms with van der Waals surface area (Å²) in [5.74, 6) is 0.724. The Morgan fingerprint density at radius 1 is 1.10 bits per heavy atom. The highest BCUT2D eigenvalue weighted by Gasteiger charge is 2.19. The highest BCUT2D eigenvalue weighted by molar-refractivity contribution is 14.0. The van der Waals surface area contributed by atoms with Crippen LogP contribution in [0.15, 0.2) is 53.5 Å². The average molecular weight is 506 g/mol. The highest BCUT2D eigenvalue weighted by atomic mass is 127. The number of rotatable bonds is 5. The van der Waals surface area contributed by atoms with Gasteiger partial charge in [0.2, 0.25) is 5.91 Å². The Labute approximate surface area is 191 Å². The molecule has 0 spiro atoms. The molecule has 0 bridgehead atoms. The van der Waals surface area contributed by atoms with E-state index in [0.29, 0.717) is 18.5 Å². The predicted molar refractivity (Wildman–Crippen MR) is 130 cm³/mol. The van der Waals surface area contributed by atoms with Gasteiger partial charge in [0.15, 0.2) is 5.96 Å². The standard InChI is InChI=1S/C23H30N4O.HI/c1-17-8-4-5-11-20(17)15-24-23(25-16-22(28)27(2)3)26-21-13-12-18-9-6-7-10-19(18)14-21;/h4-11,21H,12-16H2,1-3H3,(H2,24,25,26);1H. The van der Waals surface area contributed by atoms with Crippen LogP contribution in [0.2, 0.25) is 0 Å². The van der Waals surface area contributed by atoms with Gasteiger partial charge in [-0.3, -0.25) is 4.79 Å². The summed E-state index contributed by atoms with van der Waals surface area (Å²) < 4.78 is 0. The summed E-state index contributed by atoms with van der Waals surface area (Å²) in [5, 5.41) is 6.76. The molecule has 6 heteroatoms. The van der Waals surface area contributed by atoms with E-state index in [1.165, 1.54) is 22.3 Å². The zero-order chi connectivity index (χ0) is 19.9. The van der Waals surface area contributed by atoms with E-state index in [1.54, 1.807) is 19.0 Å². The number of halogens is 1. The Kier molecular flexibility index (Phi) is 8.95. The molecule has 156 valence electrons. The number of aliphatic imine (C=N–C) groups is 1. The number of carbonyl (C=O) groups excluding carboxylic acids is 1. The Balaban J connectivity index is 0.00000300. The summed E-state index contributed by atoms with van der Waals surface area (Å²) in [7, 11) is 3.53. The SMILES string of the molecule is Cc1ccccc1CN=C(NCC(=O)N(C)C)NC1CCc2ccccc2C1.I. The molecule has 1 aliphatic carbocycles. The number of carbonyl (C=O) groups is 1. The van der Waals surface area contributed by atoms with Gasteiger partial charge in [-0.05, 0) is 48.4 Å². The summed E-state index contributed by atoms with van der Waals surface area (Å²) in [6, 6.07) is 17.2. The minimum absolute atomic E-state index is 0. The summed E-state index contributed by atoms with van der Waals surface area (Å²) >= 11 is 0. The Morgan fingerprint density at radius 3 is 2.52 bits per heavy atom. The molecule has 1 atom stereocenters. The number of nitrogens with one attached hydrogen (secondary N) is 2. The summed E-state index contributed by atoms with van der Waals surface area (Å²) in [5.41, 5.74) is 5.25. The molecule has 2 aromatic rings. The number of benzene rings is 2. The number of likely N-dealkylation sites (N-methyl/N-ethyl adjacent to an activating group) is 1. The maximum absolute atomic E-state index is 12.0. The molecule has 0 saturated carbocycles. The molecule has 0 fully saturated rings. The number of aryl methyl sites for hydroxylation is 2. The highest BCUT2D eigenvalue weighted by Crippen LogP contribution is 2.21. The van der Waals surface area contributed by atoms with Crippen LogP contribution in [0.3, 0.4) is 0 Å². The molecular weight excluding hydrogens is 475 g/mol. The van der Waals surface area contributed by atoms with Crippen molar-refractivity contribution in [2.45, 2.75) is 38.8 Å². The van der Waals surface area contributed by atoms with E-state index in [-0.39, 0.29) is 36.4 Å². The monoisotopic (exact) mass is 506 g/mol. The second-order valence-electron chi connectivity index (χ2n) is 7.59. The predicted octanol–water partition coefficient (Wildman–Crippen LogP) is 3.29. The first-order valence-corrected chi connectivity index (χ1v) is 9.89. The lowest BCUT2D eigenvalue weighted by Gasteiger charge is -2.27. The first kappa shape index (κ1) is 23.2. The van der Waals surface area contributed by atoms with Crippen LogP contribution in [-0.2, 0) is 24.2 Å². The fourth-order valence-corrected chi connectivity index (χ4v) is 3.44. The third-order valence-corrected chi connectivity index (χ3v) is 5.26. The Bertz CT molecular complexity index is 850. The van der Waals surface area contributed by atoms with Gasteiger partial charge in [0.25, 0.3) is 0 Å². The van der Waals surface area contributed by atoms with Crippen LogP contribution in [0.1, 0.15) is 28.7 Å². The van der Waals surface area contributed by atoms with Gasteiger partial charge in [0.1, 0.15) is 0 Å². The molecule has 2 aromatic carbocycles. The molecule has 0 aliphatic heterocycles. The van der Waals surface area contributed by atoms with Crippen LogP contribution in [0.4, 0.5) is 0 Å². The molecule has 0 aromatic heterocycles. The number of amides is 1. The normalized spacial score (nSPS) is 15.7. The Hall–Kier alpha value is -2.09. The summed E-state index contributed by atoms with van der Waals surface area (Å²) in [4.78, 5) is 18.4. The number of nitrogens with zero attached hydrogens (tertiary/aromatic N) is 2. The number of hydrogen-bond acceptors (Lipinski definition) is 2. The molecule has 0 radical (unpaired) electrons. The van der Waals surface area contributed by atoms with Crippen LogP contribution in [-0.4, -0.2) is 43.4 Å². The van der Waals surface area contributed by atoms with Gasteiger partial charge < -0.3 is 15.5 Å². The molecule has 2 N–H and O–H groups in total. The molecular formula is C23H31IN4O. The lowest BCUT2D eigenvalue weighted by molar-refractivity contribution is -0.127. The van der Waals surface area contributed by atoms with Gasteiger partial charge in [-0.15, -0.1) is 24.0 Å². The zero-order valence-corrected chi connectivity index (χ0v) is 19.8. The van der Waals surface area contributed by atoms with Gasteiger partial charge in [-0.2, -0.15) is 0 Å². The van der Waals surface area contributed by atoms with E-state index in [1.807, 2.05) is 12.1 Å². The average Bonchev–Trinajstić information content (AvgIpc) is 2.70. The van der Waals surface area contributed by atoms with E-state index < -0.39 is 0 Å². The van der Waals surface area contributed by atoms with Crippen molar-refractivity contribution in [1.29, 1.82) is 0 Å². The molecule has 29 heavy (non-hydrogen) atoms. The molecule has 1 aliphatic rings. The first-order chi connectivity index (χ1) is 13.5. The van der Waals surface area contributed by atoms with Crippen LogP contribution in [0.5, 0.6) is 0 Å². The maximum atomic E-state index is 12.0. The molecule has 1 unspecified atom stereocenters.